The van der Waals surface area contributed by atoms with E-state index in [0.29, 0.717) is 17.7 Å². The number of benzene rings is 1. The summed E-state index contributed by atoms with van der Waals surface area (Å²) in [6, 6.07) is 4.50. The van der Waals surface area contributed by atoms with Crippen molar-refractivity contribution in [1.29, 1.82) is 0 Å². The number of hydrogen-bond donors (Lipinski definition) is 0. The smallest absolute Gasteiger partial charge is 0.152 e. The van der Waals surface area contributed by atoms with Crippen molar-refractivity contribution < 1.29 is 12.8 Å². The van der Waals surface area contributed by atoms with Crippen molar-refractivity contribution in [3.05, 3.63) is 29.6 Å². The highest BCUT2D eigenvalue weighted by Crippen LogP contribution is 2.25. The Hall–Kier alpha value is -0.810. The number of hydrogen-bond acceptors (Lipinski definition) is 3. The van der Waals surface area contributed by atoms with Gasteiger partial charge in [-0.15, -0.1) is 11.6 Å². The summed E-state index contributed by atoms with van der Waals surface area (Å²) in [4.78, 5) is 1.82. The first-order valence-corrected chi connectivity index (χ1v) is 8.05. The van der Waals surface area contributed by atoms with Crippen LogP contribution < -0.4 is 4.90 Å². The van der Waals surface area contributed by atoms with E-state index in [4.69, 9.17) is 11.6 Å². The lowest BCUT2D eigenvalue weighted by Crippen LogP contribution is -2.32. The van der Waals surface area contributed by atoms with Gasteiger partial charge in [0.2, 0.25) is 0 Å². The Balaban J connectivity index is 2.23. The summed E-state index contributed by atoms with van der Waals surface area (Å²) < 4.78 is 36.3. The molecule has 1 heterocycles. The monoisotopic (exact) mass is 291 g/mol. The number of halogens is 2. The fraction of sp³-hybridized carbons (Fsp3) is 0.500. The van der Waals surface area contributed by atoms with Gasteiger partial charge in [0.25, 0.3) is 0 Å². The summed E-state index contributed by atoms with van der Waals surface area (Å²) in [6.07, 6.45) is 0.589. The molecule has 1 aromatic rings. The van der Waals surface area contributed by atoms with Crippen LogP contribution in [0.25, 0.3) is 0 Å². The second-order valence-corrected chi connectivity index (χ2v) is 7.12. The Bertz CT molecular complexity index is 547. The second kappa shape index (κ2) is 5.05. The standard InChI is InChI=1S/C12H15ClFNO2S/c1-15(11-2-3-18(16,17)8-11)12-5-9(7-13)4-10(14)6-12/h4-6,11H,2-3,7-8H2,1H3. The average molecular weight is 292 g/mol. The highest BCUT2D eigenvalue weighted by atomic mass is 35.5. The van der Waals surface area contributed by atoms with Crippen molar-refractivity contribution in [3.8, 4) is 0 Å². The number of rotatable bonds is 3. The van der Waals surface area contributed by atoms with Crippen molar-refractivity contribution in [3.63, 3.8) is 0 Å². The van der Waals surface area contributed by atoms with Crippen LogP contribution in [0.5, 0.6) is 0 Å². The molecule has 2 rings (SSSR count). The third-order valence-electron chi connectivity index (χ3n) is 3.26. The Kier molecular flexibility index (Phi) is 3.82. The Morgan fingerprint density at radius 3 is 2.72 bits per heavy atom. The highest BCUT2D eigenvalue weighted by molar-refractivity contribution is 7.91. The van der Waals surface area contributed by atoms with Crippen molar-refractivity contribution in [2.75, 3.05) is 23.5 Å². The molecule has 18 heavy (non-hydrogen) atoms. The summed E-state index contributed by atoms with van der Waals surface area (Å²) >= 11 is 5.70. The number of alkyl halides is 1. The number of nitrogens with zero attached hydrogens (tertiary/aromatic N) is 1. The maximum atomic E-state index is 13.4. The number of sulfone groups is 1. The molecule has 3 nitrogen and oxygen atoms in total. The van der Waals surface area contributed by atoms with Crippen LogP contribution in [0.15, 0.2) is 18.2 Å². The Labute approximate surface area is 111 Å². The molecule has 0 spiro atoms. The molecule has 0 saturated carbocycles. The van der Waals surface area contributed by atoms with Gasteiger partial charge in [-0.1, -0.05) is 0 Å². The first-order chi connectivity index (χ1) is 8.41. The molecule has 0 amide bonds. The molecular formula is C12H15ClFNO2S. The van der Waals surface area contributed by atoms with Gasteiger partial charge < -0.3 is 4.90 Å². The maximum absolute atomic E-state index is 13.4. The van der Waals surface area contributed by atoms with Crippen LogP contribution in [-0.4, -0.2) is 33.0 Å². The van der Waals surface area contributed by atoms with Crippen molar-refractivity contribution >= 4 is 27.1 Å². The third-order valence-corrected chi connectivity index (χ3v) is 5.32. The summed E-state index contributed by atoms with van der Waals surface area (Å²) in [5.74, 6) is 0.230. The van der Waals surface area contributed by atoms with Crippen LogP contribution in [0.4, 0.5) is 10.1 Å². The minimum atomic E-state index is -2.94. The molecule has 0 N–H and O–H groups in total. The van der Waals surface area contributed by atoms with Gasteiger partial charge in [-0.05, 0) is 30.2 Å². The lowest BCUT2D eigenvalue weighted by Gasteiger charge is -2.26. The number of anilines is 1. The third kappa shape index (κ3) is 2.95. The van der Waals surface area contributed by atoms with Gasteiger partial charge in [-0.2, -0.15) is 0 Å². The minimum absolute atomic E-state index is 0.0834. The normalized spacial score (nSPS) is 22.1. The van der Waals surface area contributed by atoms with Gasteiger partial charge in [0, 0.05) is 24.7 Å². The second-order valence-electron chi connectivity index (χ2n) is 4.62. The zero-order valence-corrected chi connectivity index (χ0v) is 11.6. The van der Waals surface area contributed by atoms with Crippen LogP contribution in [0.2, 0.25) is 0 Å². The van der Waals surface area contributed by atoms with E-state index in [9.17, 15) is 12.8 Å². The van der Waals surface area contributed by atoms with E-state index in [0.717, 1.165) is 0 Å². The van der Waals surface area contributed by atoms with Crippen LogP contribution in [0, 0.1) is 5.82 Å². The molecule has 1 aliphatic heterocycles. The SMILES string of the molecule is CN(c1cc(F)cc(CCl)c1)C1CCS(=O)(=O)C1. The molecule has 1 saturated heterocycles. The van der Waals surface area contributed by atoms with Gasteiger partial charge in [0.05, 0.1) is 11.5 Å². The average Bonchev–Trinajstić information content (AvgIpc) is 2.67. The van der Waals surface area contributed by atoms with Gasteiger partial charge in [-0.3, -0.25) is 0 Å². The molecule has 1 aliphatic rings. The van der Waals surface area contributed by atoms with Crippen molar-refractivity contribution in [2.24, 2.45) is 0 Å². The summed E-state index contributed by atoms with van der Waals surface area (Å²) in [7, 11) is -1.15. The van der Waals surface area contributed by atoms with Crippen molar-refractivity contribution in [1.82, 2.24) is 0 Å². The van der Waals surface area contributed by atoms with Crippen LogP contribution in [0.3, 0.4) is 0 Å². The Morgan fingerprint density at radius 2 is 2.17 bits per heavy atom. The van der Waals surface area contributed by atoms with Crippen LogP contribution >= 0.6 is 11.6 Å². The van der Waals surface area contributed by atoms with Gasteiger partial charge in [-0.25, -0.2) is 12.8 Å². The van der Waals surface area contributed by atoms with Gasteiger partial charge >= 0.3 is 0 Å². The molecule has 0 radical (unpaired) electrons. The van der Waals surface area contributed by atoms with E-state index in [-0.39, 0.29) is 29.2 Å². The zero-order valence-electron chi connectivity index (χ0n) is 10.1. The van der Waals surface area contributed by atoms with Gasteiger partial charge in [0.1, 0.15) is 5.82 Å². The van der Waals surface area contributed by atoms with E-state index in [1.165, 1.54) is 12.1 Å². The predicted octanol–water partition coefficient (Wildman–Crippen LogP) is 2.19. The van der Waals surface area contributed by atoms with Crippen molar-refractivity contribution in [2.45, 2.75) is 18.3 Å². The minimum Gasteiger partial charge on any atom is -0.370 e. The topological polar surface area (TPSA) is 37.4 Å². The molecule has 1 atom stereocenters. The van der Waals surface area contributed by atoms with E-state index in [1.54, 1.807) is 13.1 Å². The molecule has 6 heteroatoms. The van der Waals surface area contributed by atoms with E-state index < -0.39 is 9.84 Å². The molecule has 1 aromatic carbocycles. The van der Waals surface area contributed by atoms with Crippen LogP contribution in [0.1, 0.15) is 12.0 Å². The first kappa shape index (κ1) is 13.6. The van der Waals surface area contributed by atoms with E-state index in [2.05, 4.69) is 0 Å². The summed E-state index contributed by atoms with van der Waals surface area (Å²) in [6.45, 7) is 0. The van der Waals surface area contributed by atoms with Gasteiger partial charge in [0.15, 0.2) is 9.84 Å². The quantitative estimate of drug-likeness (QED) is 0.801. The molecule has 0 aromatic heterocycles. The van der Waals surface area contributed by atoms with E-state index in [1.807, 2.05) is 4.90 Å². The fourth-order valence-electron chi connectivity index (χ4n) is 2.21. The van der Waals surface area contributed by atoms with E-state index >= 15 is 0 Å². The molecule has 0 bridgehead atoms. The zero-order chi connectivity index (χ0) is 13.3. The highest BCUT2D eigenvalue weighted by Gasteiger charge is 2.30. The first-order valence-electron chi connectivity index (χ1n) is 5.70. The molecule has 1 unspecified atom stereocenters. The van der Waals surface area contributed by atoms with Crippen LogP contribution in [-0.2, 0) is 15.7 Å². The lowest BCUT2D eigenvalue weighted by atomic mass is 10.1. The maximum Gasteiger partial charge on any atom is 0.152 e. The summed E-state index contributed by atoms with van der Waals surface area (Å²) in [5.41, 5.74) is 1.37. The molecule has 1 fully saturated rings. The summed E-state index contributed by atoms with van der Waals surface area (Å²) in [5, 5.41) is 0. The molecular weight excluding hydrogens is 277 g/mol. The largest absolute Gasteiger partial charge is 0.370 e. The molecule has 100 valence electrons. The molecule has 0 aliphatic carbocycles. The predicted molar refractivity (Wildman–Crippen MR) is 71.4 cm³/mol. The fourth-order valence-corrected chi connectivity index (χ4v) is 4.13. The Morgan fingerprint density at radius 1 is 1.44 bits per heavy atom. The lowest BCUT2D eigenvalue weighted by molar-refractivity contribution is 0.600.